The predicted octanol–water partition coefficient (Wildman–Crippen LogP) is 3.43. The van der Waals surface area contributed by atoms with E-state index in [2.05, 4.69) is 47.7 Å². The van der Waals surface area contributed by atoms with Crippen molar-refractivity contribution in [3.63, 3.8) is 0 Å². The van der Waals surface area contributed by atoms with Gasteiger partial charge in [-0.05, 0) is 18.1 Å². The molecule has 90 valence electrons. The molecule has 0 radical (unpaired) electrons. The van der Waals surface area contributed by atoms with E-state index in [0.29, 0.717) is 11.1 Å². The standard InChI is InChI=1S/C12H26O2Si/c1-11(2,3)15(6,7)14-9-12(4,5)10-8-13-10/h10H,8-9H2,1-7H3. The molecule has 0 aliphatic carbocycles. The van der Waals surface area contributed by atoms with Crippen molar-refractivity contribution in [2.45, 2.75) is 58.9 Å². The first-order chi connectivity index (χ1) is 6.56. The molecule has 3 heteroatoms. The molecule has 0 amide bonds. The van der Waals surface area contributed by atoms with Gasteiger partial charge < -0.3 is 9.16 Å². The average Bonchev–Trinajstić information content (AvgIpc) is 2.81. The number of epoxide rings is 1. The van der Waals surface area contributed by atoms with Crippen molar-refractivity contribution in [1.29, 1.82) is 0 Å². The fourth-order valence-corrected chi connectivity index (χ4v) is 2.34. The van der Waals surface area contributed by atoms with Crippen LogP contribution in [0.2, 0.25) is 18.1 Å². The second-order valence-corrected chi connectivity index (χ2v) is 11.7. The van der Waals surface area contributed by atoms with Crippen LogP contribution in [0.15, 0.2) is 0 Å². The Balaban J connectivity index is 2.48. The van der Waals surface area contributed by atoms with Gasteiger partial charge in [0.2, 0.25) is 0 Å². The molecule has 0 aromatic heterocycles. The fraction of sp³-hybridized carbons (Fsp3) is 1.00. The summed E-state index contributed by atoms with van der Waals surface area (Å²) in [5.41, 5.74) is 0.176. The van der Waals surface area contributed by atoms with Gasteiger partial charge in [-0.3, -0.25) is 0 Å². The second-order valence-electron chi connectivity index (χ2n) is 6.86. The molecule has 1 saturated heterocycles. The van der Waals surface area contributed by atoms with Crippen molar-refractivity contribution < 1.29 is 9.16 Å². The molecule has 2 nitrogen and oxygen atoms in total. The van der Waals surface area contributed by atoms with Crippen molar-refractivity contribution in [2.24, 2.45) is 5.41 Å². The quantitative estimate of drug-likeness (QED) is 0.545. The lowest BCUT2D eigenvalue weighted by Gasteiger charge is -2.38. The predicted molar refractivity (Wildman–Crippen MR) is 66.7 cm³/mol. The van der Waals surface area contributed by atoms with Gasteiger partial charge in [0.25, 0.3) is 0 Å². The Morgan fingerprint density at radius 1 is 1.20 bits per heavy atom. The van der Waals surface area contributed by atoms with E-state index in [0.717, 1.165) is 13.2 Å². The highest BCUT2D eigenvalue weighted by atomic mass is 28.4. The van der Waals surface area contributed by atoms with E-state index in [9.17, 15) is 0 Å². The Hall–Kier alpha value is 0.137. The molecular weight excluding hydrogens is 204 g/mol. The molecular formula is C12H26O2Si. The zero-order chi connectivity index (χ0) is 11.9. The van der Waals surface area contributed by atoms with Crippen LogP contribution in [0.25, 0.3) is 0 Å². The molecule has 0 aromatic rings. The van der Waals surface area contributed by atoms with Crippen LogP contribution in [0.5, 0.6) is 0 Å². The maximum Gasteiger partial charge on any atom is 0.192 e. The summed E-state index contributed by atoms with van der Waals surface area (Å²) in [7, 11) is -1.59. The highest BCUT2D eigenvalue weighted by molar-refractivity contribution is 6.74. The van der Waals surface area contributed by atoms with Gasteiger partial charge in [-0.1, -0.05) is 34.6 Å². The van der Waals surface area contributed by atoms with Crippen LogP contribution in [0.4, 0.5) is 0 Å². The smallest absolute Gasteiger partial charge is 0.192 e. The summed E-state index contributed by atoms with van der Waals surface area (Å²) in [6.45, 7) is 17.6. The highest BCUT2D eigenvalue weighted by Gasteiger charge is 2.43. The Bertz CT molecular complexity index is 224. The summed E-state index contributed by atoms with van der Waals surface area (Å²) in [6, 6.07) is 0. The van der Waals surface area contributed by atoms with Gasteiger partial charge in [0.1, 0.15) is 0 Å². The maximum atomic E-state index is 6.22. The van der Waals surface area contributed by atoms with Gasteiger partial charge in [-0.25, -0.2) is 0 Å². The van der Waals surface area contributed by atoms with E-state index >= 15 is 0 Å². The largest absolute Gasteiger partial charge is 0.416 e. The minimum absolute atomic E-state index is 0.176. The monoisotopic (exact) mass is 230 g/mol. The third kappa shape index (κ3) is 3.30. The lowest BCUT2D eigenvalue weighted by atomic mass is 9.91. The Morgan fingerprint density at radius 2 is 1.67 bits per heavy atom. The minimum atomic E-state index is -1.59. The first-order valence-electron chi connectivity index (χ1n) is 5.82. The van der Waals surface area contributed by atoms with E-state index in [1.54, 1.807) is 0 Å². The van der Waals surface area contributed by atoms with Crippen LogP contribution in [0.1, 0.15) is 34.6 Å². The van der Waals surface area contributed by atoms with Crippen molar-refractivity contribution in [2.75, 3.05) is 13.2 Å². The summed E-state index contributed by atoms with van der Waals surface area (Å²) in [5.74, 6) is 0. The Kier molecular flexibility index (Phi) is 3.40. The van der Waals surface area contributed by atoms with Crippen molar-refractivity contribution >= 4 is 8.32 Å². The number of hydrogen-bond acceptors (Lipinski definition) is 2. The first kappa shape index (κ1) is 13.2. The fourth-order valence-electron chi connectivity index (χ4n) is 1.18. The second kappa shape index (κ2) is 3.86. The average molecular weight is 230 g/mol. The molecule has 15 heavy (non-hydrogen) atoms. The van der Waals surface area contributed by atoms with Crippen LogP contribution in [-0.2, 0) is 9.16 Å². The molecule has 1 heterocycles. The Labute approximate surface area is 95.5 Å². The van der Waals surface area contributed by atoms with Crippen LogP contribution < -0.4 is 0 Å². The molecule has 0 spiro atoms. The van der Waals surface area contributed by atoms with E-state index in [4.69, 9.17) is 9.16 Å². The first-order valence-corrected chi connectivity index (χ1v) is 8.73. The lowest BCUT2D eigenvalue weighted by molar-refractivity contribution is 0.129. The van der Waals surface area contributed by atoms with Crippen molar-refractivity contribution in [3.05, 3.63) is 0 Å². The molecule has 1 atom stereocenters. The topological polar surface area (TPSA) is 21.8 Å². The third-order valence-corrected chi connectivity index (χ3v) is 8.29. The molecule has 0 bridgehead atoms. The summed E-state index contributed by atoms with van der Waals surface area (Å²) in [4.78, 5) is 0. The number of rotatable bonds is 4. The van der Waals surface area contributed by atoms with Crippen molar-refractivity contribution in [1.82, 2.24) is 0 Å². The van der Waals surface area contributed by atoms with Gasteiger partial charge in [-0.15, -0.1) is 0 Å². The SMILES string of the molecule is CC(C)(CO[Si](C)(C)C(C)(C)C)C1CO1. The van der Waals surface area contributed by atoms with Gasteiger partial charge >= 0.3 is 0 Å². The number of ether oxygens (including phenoxy) is 1. The zero-order valence-corrected chi connectivity index (χ0v) is 12.3. The Morgan fingerprint density at radius 3 is 2.00 bits per heavy atom. The lowest BCUT2D eigenvalue weighted by Crippen LogP contribution is -2.44. The summed E-state index contributed by atoms with van der Waals surface area (Å²) in [5, 5.41) is 0.299. The third-order valence-electron chi connectivity index (χ3n) is 3.82. The molecule has 1 fully saturated rings. The molecule has 1 unspecified atom stereocenters. The summed E-state index contributed by atoms with van der Waals surface area (Å²) in [6.07, 6.45) is 0.419. The van der Waals surface area contributed by atoms with Crippen LogP contribution >= 0.6 is 0 Å². The molecule has 1 aliphatic rings. The molecule has 1 aliphatic heterocycles. The summed E-state index contributed by atoms with van der Waals surface area (Å²) < 4.78 is 11.6. The van der Waals surface area contributed by atoms with Crippen LogP contribution in [-0.4, -0.2) is 27.6 Å². The van der Waals surface area contributed by atoms with Gasteiger partial charge in [0, 0.05) is 12.0 Å². The molecule has 1 rings (SSSR count). The van der Waals surface area contributed by atoms with Crippen LogP contribution in [0, 0.1) is 5.41 Å². The highest BCUT2D eigenvalue weighted by Crippen LogP contribution is 2.39. The number of hydrogen-bond donors (Lipinski definition) is 0. The van der Waals surface area contributed by atoms with Crippen molar-refractivity contribution in [3.8, 4) is 0 Å². The van der Waals surface area contributed by atoms with Gasteiger partial charge in [0.15, 0.2) is 8.32 Å². The zero-order valence-electron chi connectivity index (χ0n) is 11.3. The van der Waals surface area contributed by atoms with Gasteiger partial charge in [0.05, 0.1) is 12.7 Å². The summed E-state index contributed by atoms with van der Waals surface area (Å²) >= 11 is 0. The van der Waals surface area contributed by atoms with E-state index in [1.165, 1.54) is 0 Å². The van der Waals surface area contributed by atoms with Gasteiger partial charge in [-0.2, -0.15) is 0 Å². The molecule has 0 saturated carbocycles. The minimum Gasteiger partial charge on any atom is -0.416 e. The molecule has 0 aromatic carbocycles. The van der Waals surface area contributed by atoms with E-state index in [1.807, 2.05) is 0 Å². The van der Waals surface area contributed by atoms with E-state index < -0.39 is 8.32 Å². The molecule has 0 N–H and O–H groups in total. The van der Waals surface area contributed by atoms with E-state index in [-0.39, 0.29) is 5.41 Å². The van der Waals surface area contributed by atoms with Crippen LogP contribution in [0.3, 0.4) is 0 Å². The maximum absolute atomic E-state index is 6.22. The normalized spacial score (nSPS) is 23.0.